The summed E-state index contributed by atoms with van der Waals surface area (Å²) in [5.41, 5.74) is 0. The molecule has 7 nitrogen and oxygen atoms in total. The van der Waals surface area contributed by atoms with E-state index in [1.807, 2.05) is 6.92 Å². The molecule has 0 aliphatic carbocycles. The molecule has 0 aliphatic heterocycles. The van der Waals surface area contributed by atoms with Crippen LogP contribution in [-0.2, 0) is 11.3 Å². The van der Waals surface area contributed by atoms with Gasteiger partial charge in [0.2, 0.25) is 12.2 Å². The van der Waals surface area contributed by atoms with Crippen molar-refractivity contribution in [3.05, 3.63) is 22.6 Å². The van der Waals surface area contributed by atoms with E-state index in [1.165, 1.54) is 17.1 Å². The molecule has 1 N–H and O–H groups in total. The first-order chi connectivity index (χ1) is 7.63. The SMILES string of the molecule is CCCCNC(=O)Cn1cnc([N+](=O)[O-])c1. The summed E-state index contributed by atoms with van der Waals surface area (Å²) in [5, 5.41) is 13.1. The van der Waals surface area contributed by atoms with Crippen molar-refractivity contribution in [2.45, 2.75) is 26.3 Å². The Labute approximate surface area is 92.6 Å². The molecule has 0 atom stereocenters. The molecule has 1 amide bonds. The molecule has 0 radical (unpaired) electrons. The molecule has 0 saturated carbocycles. The van der Waals surface area contributed by atoms with Gasteiger partial charge in [-0.2, -0.15) is 0 Å². The van der Waals surface area contributed by atoms with E-state index in [2.05, 4.69) is 10.3 Å². The Morgan fingerprint density at radius 3 is 3.00 bits per heavy atom. The molecular formula is C9H14N4O3. The maximum atomic E-state index is 11.3. The van der Waals surface area contributed by atoms with Gasteiger partial charge in [0.25, 0.3) is 0 Å². The Hall–Kier alpha value is -1.92. The largest absolute Gasteiger partial charge is 0.381 e. The summed E-state index contributed by atoms with van der Waals surface area (Å²) in [6, 6.07) is 0. The smallest absolute Gasteiger partial charge is 0.358 e. The lowest BCUT2D eigenvalue weighted by Crippen LogP contribution is -2.27. The molecule has 1 rings (SSSR count). The summed E-state index contributed by atoms with van der Waals surface area (Å²) in [6.45, 7) is 2.72. The van der Waals surface area contributed by atoms with E-state index in [9.17, 15) is 14.9 Å². The third kappa shape index (κ3) is 3.68. The predicted molar refractivity (Wildman–Crippen MR) is 56.8 cm³/mol. The van der Waals surface area contributed by atoms with Gasteiger partial charge in [-0.1, -0.05) is 13.3 Å². The van der Waals surface area contributed by atoms with E-state index in [-0.39, 0.29) is 18.3 Å². The predicted octanol–water partition coefficient (Wildman–Crippen LogP) is 0.708. The number of nitrogens with zero attached hydrogens (tertiary/aromatic N) is 3. The van der Waals surface area contributed by atoms with Gasteiger partial charge in [0.05, 0.1) is 0 Å². The minimum atomic E-state index is -0.592. The lowest BCUT2D eigenvalue weighted by Gasteiger charge is -2.03. The Morgan fingerprint density at radius 2 is 2.44 bits per heavy atom. The fourth-order valence-corrected chi connectivity index (χ4v) is 1.16. The molecule has 1 heterocycles. The standard InChI is InChI=1S/C9H14N4O3/c1-2-3-4-10-9(14)6-12-5-8(11-7-12)13(15)16/h5,7H,2-4,6H2,1H3,(H,10,14). The zero-order valence-corrected chi connectivity index (χ0v) is 9.05. The molecule has 7 heteroatoms. The van der Waals surface area contributed by atoms with Crippen molar-refractivity contribution in [3.8, 4) is 0 Å². The summed E-state index contributed by atoms with van der Waals surface area (Å²) in [7, 11) is 0. The maximum absolute atomic E-state index is 11.3. The van der Waals surface area contributed by atoms with Crippen LogP contribution in [0.1, 0.15) is 19.8 Å². The van der Waals surface area contributed by atoms with Crippen LogP contribution in [-0.4, -0.2) is 26.9 Å². The summed E-state index contributed by atoms with van der Waals surface area (Å²) < 4.78 is 1.39. The first-order valence-electron chi connectivity index (χ1n) is 5.06. The van der Waals surface area contributed by atoms with Crippen LogP contribution in [0.25, 0.3) is 0 Å². The fourth-order valence-electron chi connectivity index (χ4n) is 1.16. The Morgan fingerprint density at radius 1 is 1.69 bits per heavy atom. The molecule has 0 fully saturated rings. The van der Waals surface area contributed by atoms with Crippen LogP contribution >= 0.6 is 0 Å². The third-order valence-corrected chi connectivity index (χ3v) is 1.99. The molecule has 0 aliphatic rings. The van der Waals surface area contributed by atoms with E-state index >= 15 is 0 Å². The Kier molecular flexibility index (Phi) is 4.43. The second-order valence-corrected chi connectivity index (χ2v) is 3.36. The lowest BCUT2D eigenvalue weighted by atomic mass is 10.3. The molecule has 0 aromatic carbocycles. The topological polar surface area (TPSA) is 90.1 Å². The minimum Gasteiger partial charge on any atom is -0.358 e. The van der Waals surface area contributed by atoms with Crippen LogP contribution in [0.15, 0.2) is 12.5 Å². The third-order valence-electron chi connectivity index (χ3n) is 1.99. The van der Waals surface area contributed by atoms with Gasteiger partial charge >= 0.3 is 5.82 Å². The number of nitrogens with one attached hydrogen (secondary N) is 1. The number of hydrogen-bond acceptors (Lipinski definition) is 4. The Balaban J connectivity index is 2.40. The Bertz CT molecular complexity index is 375. The van der Waals surface area contributed by atoms with Gasteiger partial charge in [-0.15, -0.1) is 0 Å². The normalized spacial score (nSPS) is 10.1. The van der Waals surface area contributed by atoms with Gasteiger partial charge in [0.15, 0.2) is 0 Å². The van der Waals surface area contributed by atoms with Crippen molar-refractivity contribution >= 4 is 11.7 Å². The maximum Gasteiger partial charge on any atom is 0.381 e. The number of aromatic nitrogens is 2. The summed E-state index contributed by atoms with van der Waals surface area (Å²) in [6.07, 6.45) is 4.45. The second kappa shape index (κ2) is 5.84. The molecule has 16 heavy (non-hydrogen) atoms. The molecule has 0 unspecified atom stereocenters. The van der Waals surface area contributed by atoms with Gasteiger partial charge in [-0.25, -0.2) is 0 Å². The van der Waals surface area contributed by atoms with E-state index in [1.54, 1.807) is 0 Å². The monoisotopic (exact) mass is 226 g/mol. The minimum absolute atomic E-state index is 0.0601. The van der Waals surface area contributed by atoms with Crippen molar-refractivity contribution < 1.29 is 9.72 Å². The van der Waals surface area contributed by atoms with Crippen molar-refractivity contribution in [2.24, 2.45) is 0 Å². The van der Waals surface area contributed by atoms with E-state index in [0.29, 0.717) is 6.54 Å². The van der Waals surface area contributed by atoms with Gasteiger partial charge in [0, 0.05) is 6.54 Å². The zero-order chi connectivity index (χ0) is 12.0. The molecule has 0 spiro atoms. The van der Waals surface area contributed by atoms with Crippen LogP contribution in [0.5, 0.6) is 0 Å². The van der Waals surface area contributed by atoms with Gasteiger partial charge in [-0.05, 0) is 16.3 Å². The quantitative estimate of drug-likeness (QED) is 0.439. The number of imidazole rings is 1. The summed E-state index contributed by atoms with van der Waals surface area (Å²) in [4.78, 5) is 24.6. The average Bonchev–Trinajstić information content (AvgIpc) is 2.66. The molecule has 0 saturated heterocycles. The highest BCUT2D eigenvalue weighted by Crippen LogP contribution is 2.04. The number of rotatable bonds is 6. The second-order valence-electron chi connectivity index (χ2n) is 3.36. The van der Waals surface area contributed by atoms with E-state index in [0.717, 1.165) is 12.8 Å². The summed E-state index contributed by atoms with van der Waals surface area (Å²) in [5.74, 6) is -0.415. The summed E-state index contributed by atoms with van der Waals surface area (Å²) >= 11 is 0. The van der Waals surface area contributed by atoms with Crippen molar-refractivity contribution in [3.63, 3.8) is 0 Å². The molecule has 1 aromatic rings. The molecule has 0 bridgehead atoms. The lowest BCUT2D eigenvalue weighted by molar-refractivity contribution is -0.389. The first-order valence-corrected chi connectivity index (χ1v) is 5.06. The van der Waals surface area contributed by atoms with E-state index in [4.69, 9.17) is 0 Å². The number of hydrogen-bond donors (Lipinski definition) is 1. The van der Waals surface area contributed by atoms with Gasteiger partial charge in [0.1, 0.15) is 12.7 Å². The number of carbonyl (C=O) groups excluding carboxylic acids is 1. The number of unbranched alkanes of at least 4 members (excludes halogenated alkanes) is 1. The first kappa shape index (κ1) is 12.2. The van der Waals surface area contributed by atoms with Crippen molar-refractivity contribution in [1.29, 1.82) is 0 Å². The van der Waals surface area contributed by atoms with Crippen LogP contribution < -0.4 is 5.32 Å². The number of nitro groups is 1. The number of amides is 1. The van der Waals surface area contributed by atoms with Crippen LogP contribution in [0.4, 0.5) is 5.82 Å². The van der Waals surface area contributed by atoms with Crippen LogP contribution in [0.3, 0.4) is 0 Å². The highest BCUT2D eigenvalue weighted by molar-refractivity contribution is 5.75. The van der Waals surface area contributed by atoms with Gasteiger partial charge < -0.3 is 20.0 Å². The molecule has 1 aromatic heterocycles. The highest BCUT2D eigenvalue weighted by Gasteiger charge is 2.11. The van der Waals surface area contributed by atoms with Crippen molar-refractivity contribution in [2.75, 3.05) is 6.54 Å². The highest BCUT2D eigenvalue weighted by atomic mass is 16.6. The van der Waals surface area contributed by atoms with Crippen LogP contribution in [0, 0.1) is 10.1 Å². The molecular weight excluding hydrogens is 212 g/mol. The zero-order valence-electron chi connectivity index (χ0n) is 9.05. The van der Waals surface area contributed by atoms with Gasteiger partial charge in [-0.3, -0.25) is 4.79 Å². The van der Waals surface area contributed by atoms with Crippen molar-refractivity contribution in [1.82, 2.24) is 14.9 Å². The van der Waals surface area contributed by atoms with Crippen LogP contribution in [0.2, 0.25) is 0 Å². The number of carbonyl (C=O) groups is 1. The fraction of sp³-hybridized carbons (Fsp3) is 0.556. The average molecular weight is 226 g/mol. The van der Waals surface area contributed by atoms with E-state index < -0.39 is 4.92 Å². The molecule has 88 valence electrons.